The summed E-state index contributed by atoms with van der Waals surface area (Å²) in [7, 11) is 2.64. The summed E-state index contributed by atoms with van der Waals surface area (Å²) < 4.78 is 13.1. The van der Waals surface area contributed by atoms with E-state index in [0.717, 1.165) is 12.7 Å². The number of ether oxygens (including phenoxy) is 3. The fraction of sp³-hybridized carbons (Fsp3) is 0.667. The molecule has 1 aliphatic rings. The van der Waals surface area contributed by atoms with Gasteiger partial charge in [0.1, 0.15) is 0 Å². The van der Waals surface area contributed by atoms with E-state index in [-0.39, 0.29) is 5.97 Å². The largest absolute Gasteiger partial charge is 0.466 e. The van der Waals surface area contributed by atoms with Gasteiger partial charge in [-0.3, -0.25) is 0 Å². The summed E-state index contributed by atoms with van der Waals surface area (Å²) >= 11 is 0. The van der Waals surface area contributed by atoms with Gasteiger partial charge in [0.05, 0.1) is 26.9 Å². The molecular weight excluding hydrogens is 296 g/mol. The van der Waals surface area contributed by atoms with Crippen molar-refractivity contribution < 1.29 is 23.8 Å². The van der Waals surface area contributed by atoms with Gasteiger partial charge in [0.15, 0.2) is 0 Å². The SMILES string of the molecule is C=C(C)C(=O)OC.C=CC(=O)OC.CC.CC.CC.CC1CO1. The van der Waals surface area contributed by atoms with Gasteiger partial charge in [-0.15, -0.1) is 0 Å². The van der Waals surface area contributed by atoms with Crippen LogP contribution in [-0.4, -0.2) is 38.9 Å². The van der Waals surface area contributed by atoms with Crippen molar-refractivity contribution in [3.05, 3.63) is 24.8 Å². The minimum absolute atomic E-state index is 0.347. The van der Waals surface area contributed by atoms with Crippen LogP contribution in [0.1, 0.15) is 55.4 Å². The molecule has 5 heteroatoms. The number of carbonyl (C=O) groups is 2. The third-order valence-corrected chi connectivity index (χ3v) is 1.40. The van der Waals surface area contributed by atoms with Crippen LogP contribution in [0, 0.1) is 0 Å². The number of methoxy groups -OCH3 is 2. The van der Waals surface area contributed by atoms with Gasteiger partial charge >= 0.3 is 11.9 Å². The second-order valence-electron chi connectivity index (χ2n) is 3.14. The summed E-state index contributed by atoms with van der Waals surface area (Å²) in [5.74, 6) is -0.741. The Morgan fingerprint density at radius 3 is 1.35 bits per heavy atom. The molecule has 1 heterocycles. The van der Waals surface area contributed by atoms with Crippen LogP contribution in [-0.2, 0) is 23.8 Å². The Bertz CT molecular complexity index is 269. The second-order valence-corrected chi connectivity index (χ2v) is 3.14. The highest BCUT2D eigenvalue weighted by Gasteiger charge is 2.13. The van der Waals surface area contributed by atoms with Crippen LogP contribution in [0.2, 0.25) is 0 Å². The van der Waals surface area contributed by atoms with Crippen LogP contribution in [0.5, 0.6) is 0 Å². The molecule has 0 aromatic rings. The summed E-state index contributed by atoms with van der Waals surface area (Å²) in [5, 5.41) is 0. The molecule has 0 saturated carbocycles. The zero-order chi connectivity index (χ0) is 19.8. The lowest BCUT2D eigenvalue weighted by Gasteiger charge is -1.91. The highest BCUT2D eigenvalue weighted by Crippen LogP contribution is 2.04. The molecular formula is C18H38O5. The Labute approximate surface area is 143 Å². The Balaban J connectivity index is -0.0000000614. The smallest absolute Gasteiger partial charge is 0.332 e. The molecule has 0 bridgehead atoms. The van der Waals surface area contributed by atoms with Crippen molar-refractivity contribution in [1.82, 2.24) is 0 Å². The Morgan fingerprint density at radius 2 is 1.35 bits per heavy atom. The average Bonchev–Trinajstić information content (AvgIpc) is 3.41. The van der Waals surface area contributed by atoms with Crippen molar-refractivity contribution in [2.45, 2.75) is 61.5 Å². The zero-order valence-corrected chi connectivity index (χ0v) is 16.8. The van der Waals surface area contributed by atoms with E-state index in [0.29, 0.717) is 11.7 Å². The first kappa shape index (κ1) is 33.1. The molecule has 0 aliphatic carbocycles. The highest BCUT2D eigenvalue weighted by molar-refractivity contribution is 5.86. The first-order chi connectivity index (χ1) is 10.9. The van der Waals surface area contributed by atoms with Crippen molar-refractivity contribution >= 4 is 11.9 Å². The van der Waals surface area contributed by atoms with Crippen LogP contribution in [0.4, 0.5) is 0 Å². The van der Waals surface area contributed by atoms with Gasteiger partial charge in [-0.2, -0.15) is 0 Å². The minimum Gasteiger partial charge on any atom is -0.466 e. The molecule has 0 amide bonds. The highest BCUT2D eigenvalue weighted by atomic mass is 16.6. The molecule has 0 N–H and O–H groups in total. The van der Waals surface area contributed by atoms with Crippen LogP contribution >= 0.6 is 0 Å². The Morgan fingerprint density at radius 1 is 1.04 bits per heavy atom. The molecule has 1 unspecified atom stereocenters. The normalized spacial score (nSPS) is 11.8. The summed E-state index contributed by atoms with van der Waals surface area (Å²) in [6.45, 7) is 23.2. The van der Waals surface area contributed by atoms with Crippen LogP contribution in [0.15, 0.2) is 24.8 Å². The molecule has 0 aromatic heterocycles. The van der Waals surface area contributed by atoms with Crippen LogP contribution in [0.25, 0.3) is 0 Å². The van der Waals surface area contributed by atoms with E-state index in [1.165, 1.54) is 14.2 Å². The maximum absolute atomic E-state index is 10.2. The molecule has 0 radical (unpaired) electrons. The monoisotopic (exact) mass is 334 g/mol. The quantitative estimate of drug-likeness (QED) is 0.420. The average molecular weight is 334 g/mol. The Kier molecular flexibility index (Phi) is 46.6. The van der Waals surface area contributed by atoms with Crippen molar-refractivity contribution in [3.8, 4) is 0 Å². The molecule has 1 fully saturated rings. The molecule has 1 saturated heterocycles. The molecule has 0 spiro atoms. The second kappa shape index (κ2) is 32.4. The lowest BCUT2D eigenvalue weighted by Crippen LogP contribution is -1.98. The van der Waals surface area contributed by atoms with Crippen molar-refractivity contribution in [2.75, 3.05) is 20.8 Å². The fourth-order valence-electron chi connectivity index (χ4n) is 0.354. The number of esters is 2. The van der Waals surface area contributed by atoms with E-state index >= 15 is 0 Å². The lowest BCUT2D eigenvalue weighted by molar-refractivity contribution is -0.136. The van der Waals surface area contributed by atoms with Gasteiger partial charge in [0.2, 0.25) is 0 Å². The molecule has 1 aliphatic heterocycles. The van der Waals surface area contributed by atoms with Crippen molar-refractivity contribution in [1.29, 1.82) is 0 Å². The maximum Gasteiger partial charge on any atom is 0.332 e. The van der Waals surface area contributed by atoms with E-state index in [1.807, 2.05) is 41.5 Å². The molecule has 23 heavy (non-hydrogen) atoms. The fourth-order valence-corrected chi connectivity index (χ4v) is 0.354. The third-order valence-electron chi connectivity index (χ3n) is 1.40. The van der Waals surface area contributed by atoms with Gasteiger partial charge in [0, 0.05) is 11.6 Å². The van der Waals surface area contributed by atoms with Gasteiger partial charge in [0.25, 0.3) is 0 Å². The lowest BCUT2D eigenvalue weighted by atomic mass is 10.4. The van der Waals surface area contributed by atoms with E-state index in [9.17, 15) is 9.59 Å². The first-order valence-electron chi connectivity index (χ1n) is 7.94. The summed E-state index contributed by atoms with van der Waals surface area (Å²) in [4.78, 5) is 20.0. The van der Waals surface area contributed by atoms with E-state index in [1.54, 1.807) is 6.92 Å². The van der Waals surface area contributed by atoms with Crippen LogP contribution < -0.4 is 0 Å². The van der Waals surface area contributed by atoms with E-state index in [2.05, 4.69) is 29.6 Å². The predicted octanol–water partition coefficient (Wildman–Crippen LogP) is 4.56. The molecule has 1 atom stereocenters. The minimum atomic E-state index is -0.394. The van der Waals surface area contributed by atoms with Crippen LogP contribution in [0.3, 0.4) is 0 Å². The number of hydrogen-bond donors (Lipinski definition) is 0. The topological polar surface area (TPSA) is 65.1 Å². The number of epoxide rings is 1. The number of carbonyl (C=O) groups excluding carboxylic acids is 2. The van der Waals surface area contributed by atoms with Gasteiger partial charge in [-0.05, 0) is 13.8 Å². The zero-order valence-electron chi connectivity index (χ0n) is 16.8. The summed E-state index contributed by atoms with van der Waals surface area (Å²) in [6, 6.07) is 0. The standard InChI is InChI=1S/C5H8O2.C4H6O2.C3H6O.3C2H6/c1-4(2)5(6)7-3;1-3-4(5)6-2;1-3-2-4-3;3*1-2/h1H2,2-3H3;3H,1H2,2H3;3H,2H2,1H3;3*1-2H3. The molecule has 5 nitrogen and oxygen atoms in total. The van der Waals surface area contributed by atoms with Gasteiger partial charge in [-0.1, -0.05) is 54.7 Å². The predicted molar refractivity (Wildman–Crippen MR) is 98.5 cm³/mol. The van der Waals surface area contributed by atoms with Crippen molar-refractivity contribution in [2.24, 2.45) is 0 Å². The van der Waals surface area contributed by atoms with Crippen molar-refractivity contribution in [3.63, 3.8) is 0 Å². The summed E-state index contributed by atoms with van der Waals surface area (Å²) in [5.41, 5.74) is 0.433. The first-order valence-corrected chi connectivity index (χ1v) is 7.94. The molecule has 140 valence electrons. The molecule has 0 aromatic carbocycles. The maximum atomic E-state index is 10.2. The summed E-state index contributed by atoms with van der Waals surface area (Å²) in [6.07, 6.45) is 1.69. The third kappa shape index (κ3) is 53.2. The Hall–Kier alpha value is -1.62. The number of hydrogen-bond acceptors (Lipinski definition) is 5. The van der Waals surface area contributed by atoms with Gasteiger partial charge < -0.3 is 14.2 Å². The molecule has 1 rings (SSSR count). The number of rotatable bonds is 2. The van der Waals surface area contributed by atoms with Gasteiger partial charge in [-0.25, -0.2) is 9.59 Å². The van der Waals surface area contributed by atoms with E-state index in [4.69, 9.17) is 4.74 Å². The van der Waals surface area contributed by atoms with E-state index < -0.39 is 5.97 Å².